The van der Waals surface area contributed by atoms with Crippen LogP contribution in [0.15, 0.2) is 54.7 Å². The van der Waals surface area contributed by atoms with Crippen molar-refractivity contribution in [2.45, 2.75) is 0 Å². The van der Waals surface area contributed by atoms with Gasteiger partial charge in [0.1, 0.15) is 17.3 Å². The van der Waals surface area contributed by atoms with Crippen LogP contribution in [-0.2, 0) is 0 Å². The average Bonchev–Trinajstić information content (AvgIpc) is 2.69. The number of nitriles is 1. The van der Waals surface area contributed by atoms with Gasteiger partial charge in [0.05, 0.1) is 30.5 Å². The van der Waals surface area contributed by atoms with E-state index in [2.05, 4.69) is 4.98 Å². The van der Waals surface area contributed by atoms with Gasteiger partial charge in [-0.15, -0.1) is 0 Å². The molecule has 0 radical (unpaired) electrons. The average molecular weight is 351 g/mol. The Hall–Kier alpha value is -3.63. The van der Waals surface area contributed by atoms with E-state index >= 15 is 4.39 Å². The van der Waals surface area contributed by atoms with E-state index < -0.39 is 5.82 Å². The summed E-state index contributed by atoms with van der Waals surface area (Å²) in [6.07, 6.45) is 1.35. The molecule has 7 heteroatoms. The number of ether oxygens (including phenoxy) is 2. The first-order valence-electron chi connectivity index (χ1n) is 7.57. The van der Waals surface area contributed by atoms with Crippen molar-refractivity contribution in [3.05, 3.63) is 66.1 Å². The quantitative estimate of drug-likeness (QED) is 0.664. The molecule has 0 aliphatic rings. The zero-order valence-corrected chi connectivity index (χ0v) is 13.7. The monoisotopic (exact) mass is 351 g/mol. The number of hydrogen-bond acceptors (Lipinski definition) is 6. The first kappa shape index (κ1) is 17.2. The smallest absolute Gasteiger partial charge is 0.177 e. The third-order valence-corrected chi connectivity index (χ3v) is 3.65. The molecular weight excluding hydrogens is 337 g/mol. The molecule has 0 aliphatic heterocycles. The molecular formula is C19H14FN3O3. The molecule has 130 valence electrons. The fourth-order valence-corrected chi connectivity index (χ4v) is 2.44. The van der Waals surface area contributed by atoms with Crippen molar-refractivity contribution in [2.75, 3.05) is 12.6 Å². The van der Waals surface area contributed by atoms with E-state index in [0.29, 0.717) is 22.6 Å². The van der Waals surface area contributed by atoms with Crippen LogP contribution in [-0.4, -0.2) is 17.3 Å². The molecule has 0 saturated carbocycles. The minimum absolute atomic E-state index is 0.0188. The van der Waals surface area contributed by atoms with Crippen LogP contribution < -0.4 is 15.0 Å². The van der Waals surface area contributed by atoms with Gasteiger partial charge in [0.15, 0.2) is 11.6 Å². The predicted molar refractivity (Wildman–Crippen MR) is 92.8 cm³/mol. The van der Waals surface area contributed by atoms with Crippen LogP contribution in [0.1, 0.15) is 5.56 Å². The van der Waals surface area contributed by atoms with E-state index in [9.17, 15) is 0 Å². The maximum Gasteiger partial charge on any atom is 0.177 e. The normalized spacial score (nSPS) is 10.1. The molecule has 0 fully saturated rings. The molecule has 0 spiro atoms. The lowest BCUT2D eigenvalue weighted by molar-refractivity contribution is 0.385. The van der Waals surface area contributed by atoms with Gasteiger partial charge in [-0.2, -0.15) is 5.26 Å². The fraction of sp³-hybridized carbons (Fsp3) is 0.0526. The Balaban J connectivity index is 2.04. The van der Waals surface area contributed by atoms with Gasteiger partial charge in [0.2, 0.25) is 0 Å². The van der Waals surface area contributed by atoms with Crippen LogP contribution in [0.3, 0.4) is 0 Å². The second-order valence-electron chi connectivity index (χ2n) is 5.24. The van der Waals surface area contributed by atoms with Gasteiger partial charge < -0.3 is 9.47 Å². The molecule has 2 N–H and O–H groups in total. The molecule has 0 aliphatic carbocycles. The van der Waals surface area contributed by atoms with Crippen molar-refractivity contribution in [1.29, 1.82) is 5.26 Å². The van der Waals surface area contributed by atoms with E-state index in [4.69, 9.17) is 19.9 Å². The lowest BCUT2D eigenvalue weighted by atomic mass is 10.0. The number of benzene rings is 2. The molecule has 0 bridgehead atoms. The highest BCUT2D eigenvalue weighted by Gasteiger charge is 2.18. The Morgan fingerprint density at radius 3 is 2.62 bits per heavy atom. The first-order chi connectivity index (χ1) is 12.7. The largest absolute Gasteiger partial charge is 0.496 e. The number of rotatable bonds is 5. The summed E-state index contributed by atoms with van der Waals surface area (Å²) in [7, 11) is 1.44. The summed E-state index contributed by atoms with van der Waals surface area (Å²) in [5, 5.41) is 17.8. The molecule has 3 aromatic rings. The fourth-order valence-electron chi connectivity index (χ4n) is 2.44. The van der Waals surface area contributed by atoms with Crippen molar-refractivity contribution >= 4 is 5.82 Å². The summed E-state index contributed by atoms with van der Waals surface area (Å²) in [5.74, 6) is 0.215. The number of hydrogen-bond donors (Lipinski definition) is 2. The van der Waals surface area contributed by atoms with Crippen molar-refractivity contribution in [2.24, 2.45) is 0 Å². The molecule has 0 saturated heterocycles. The lowest BCUT2D eigenvalue weighted by Gasteiger charge is -2.14. The molecule has 1 heterocycles. The molecule has 3 rings (SSSR count). The van der Waals surface area contributed by atoms with Gasteiger partial charge in [-0.05, 0) is 42.0 Å². The maximum absolute atomic E-state index is 15.1. The van der Waals surface area contributed by atoms with Crippen LogP contribution in [0.4, 0.5) is 10.2 Å². The number of anilines is 1. The second kappa shape index (κ2) is 7.51. The van der Waals surface area contributed by atoms with Crippen LogP contribution in [0.5, 0.6) is 17.2 Å². The molecule has 6 nitrogen and oxygen atoms in total. The van der Waals surface area contributed by atoms with Gasteiger partial charge in [-0.25, -0.2) is 9.37 Å². The highest BCUT2D eigenvalue weighted by Crippen LogP contribution is 2.39. The summed E-state index contributed by atoms with van der Waals surface area (Å²) in [4.78, 5) is 3.89. The number of aromatic nitrogens is 1. The summed E-state index contributed by atoms with van der Waals surface area (Å²) in [6, 6.07) is 14.7. The van der Waals surface area contributed by atoms with Crippen LogP contribution in [0.25, 0.3) is 11.1 Å². The lowest BCUT2D eigenvalue weighted by Crippen LogP contribution is -1.97. The van der Waals surface area contributed by atoms with Gasteiger partial charge >= 0.3 is 0 Å². The topological polar surface area (TPSA) is 87.4 Å². The minimum atomic E-state index is -0.621. The Labute approximate surface area is 149 Å². The first-order valence-corrected chi connectivity index (χ1v) is 7.57. The number of pyridine rings is 1. The minimum Gasteiger partial charge on any atom is -0.496 e. The van der Waals surface area contributed by atoms with Crippen molar-refractivity contribution in [1.82, 2.24) is 4.98 Å². The van der Waals surface area contributed by atoms with E-state index in [0.717, 1.165) is 0 Å². The van der Waals surface area contributed by atoms with Gasteiger partial charge in [-0.3, -0.25) is 10.7 Å². The Bertz CT molecular complexity index is 969. The Morgan fingerprint density at radius 2 is 1.96 bits per heavy atom. The third-order valence-electron chi connectivity index (χ3n) is 3.65. The highest BCUT2D eigenvalue weighted by molar-refractivity contribution is 5.74. The van der Waals surface area contributed by atoms with E-state index in [-0.39, 0.29) is 17.1 Å². The van der Waals surface area contributed by atoms with Crippen molar-refractivity contribution in [3.63, 3.8) is 0 Å². The number of halogens is 1. The number of nitrogens with zero attached hydrogens (tertiary/aromatic N) is 2. The van der Waals surface area contributed by atoms with Gasteiger partial charge in [-0.1, -0.05) is 12.1 Å². The van der Waals surface area contributed by atoms with Gasteiger partial charge in [0, 0.05) is 0 Å². The number of nitrogens with one attached hydrogen (secondary N) is 1. The van der Waals surface area contributed by atoms with Crippen LogP contribution in [0.2, 0.25) is 0 Å². The SMILES string of the molecule is COc1ccc(Oc2ccc(NO)nc2)c(F)c1-c1cccc(C#N)c1. The highest BCUT2D eigenvalue weighted by atomic mass is 19.1. The maximum atomic E-state index is 15.1. The van der Waals surface area contributed by atoms with Crippen molar-refractivity contribution < 1.29 is 19.1 Å². The Kier molecular flexibility index (Phi) is 4.97. The summed E-state index contributed by atoms with van der Waals surface area (Å²) in [5.41, 5.74) is 3.01. The Morgan fingerprint density at radius 1 is 1.15 bits per heavy atom. The van der Waals surface area contributed by atoms with E-state index in [1.807, 2.05) is 11.5 Å². The van der Waals surface area contributed by atoms with E-state index in [1.54, 1.807) is 30.3 Å². The predicted octanol–water partition coefficient (Wildman–Crippen LogP) is 4.36. The molecule has 26 heavy (non-hydrogen) atoms. The standard InChI is InChI=1S/C19H14FN3O3/c1-25-15-6-7-16(26-14-5-8-17(23-24)22-11-14)19(20)18(15)13-4-2-3-12(9-13)10-21/h2-9,11,24H,1H3,(H,22,23). The van der Waals surface area contributed by atoms with Crippen LogP contribution >= 0.6 is 0 Å². The molecule has 0 atom stereocenters. The third kappa shape index (κ3) is 3.41. The van der Waals surface area contributed by atoms with Crippen molar-refractivity contribution in [3.8, 4) is 34.4 Å². The molecule has 2 aromatic carbocycles. The van der Waals surface area contributed by atoms with Crippen LogP contribution in [0, 0.1) is 17.1 Å². The zero-order valence-electron chi connectivity index (χ0n) is 13.7. The second-order valence-corrected chi connectivity index (χ2v) is 5.24. The summed E-state index contributed by atoms with van der Waals surface area (Å²) in [6.45, 7) is 0. The summed E-state index contributed by atoms with van der Waals surface area (Å²) < 4.78 is 25.9. The molecule has 0 amide bonds. The van der Waals surface area contributed by atoms with E-state index in [1.165, 1.54) is 31.5 Å². The zero-order chi connectivity index (χ0) is 18.5. The molecule has 0 unspecified atom stereocenters. The molecule has 1 aromatic heterocycles. The summed E-state index contributed by atoms with van der Waals surface area (Å²) >= 11 is 0. The number of methoxy groups -OCH3 is 1. The van der Waals surface area contributed by atoms with Gasteiger partial charge in [0.25, 0.3) is 0 Å².